The summed E-state index contributed by atoms with van der Waals surface area (Å²) in [6.45, 7) is 6.95. The minimum atomic E-state index is 0.537. The van der Waals surface area contributed by atoms with Gasteiger partial charge in [0.2, 0.25) is 0 Å². The van der Waals surface area contributed by atoms with Gasteiger partial charge in [0.1, 0.15) is 16.8 Å². The van der Waals surface area contributed by atoms with Gasteiger partial charge in [-0.05, 0) is 12.8 Å². The number of piperazine rings is 3. The lowest BCUT2D eigenvalue weighted by atomic mass is 10.1. The summed E-state index contributed by atoms with van der Waals surface area (Å²) in [6.07, 6.45) is 2.40. The highest BCUT2D eigenvalue weighted by molar-refractivity contribution is 6.29. The van der Waals surface area contributed by atoms with Crippen LogP contribution in [0, 0.1) is 0 Å². The van der Waals surface area contributed by atoms with Crippen LogP contribution in [0.5, 0.6) is 0 Å². The van der Waals surface area contributed by atoms with Gasteiger partial charge in [0.15, 0.2) is 0 Å². The van der Waals surface area contributed by atoms with E-state index in [0.29, 0.717) is 17.1 Å². The number of aromatic nitrogens is 2. The summed E-state index contributed by atoms with van der Waals surface area (Å²) < 4.78 is 0. The van der Waals surface area contributed by atoms with Crippen LogP contribution in [0.15, 0.2) is 6.07 Å². The lowest BCUT2D eigenvalue weighted by Crippen LogP contribution is -2.62. The molecule has 4 heterocycles. The van der Waals surface area contributed by atoms with Crippen molar-refractivity contribution in [1.82, 2.24) is 19.8 Å². The van der Waals surface area contributed by atoms with Crippen LogP contribution in [0.1, 0.15) is 24.6 Å². The van der Waals surface area contributed by atoms with Crippen LogP contribution in [0.3, 0.4) is 0 Å². The Hall–Kier alpha value is -0.910. The molecule has 20 heavy (non-hydrogen) atoms. The second-order valence-electron chi connectivity index (χ2n) is 6.08. The maximum Gasteiger partial charge on any atom is 0.135 e. The van der Waals surface area contributed by atoms with E-state index in [4.69, 9.17) is 11.6 Å². The molecule has 0 spiro atoms. The second-order valence-corrected chi connectivity index (χ2v) is 6.47. The highest BCUT2D eigenvalue weighted by Crippen LogP contribution is 2.38. The topological polar surface area (TPSA) is 44.3 Å². The molecule has 0 amide bonds. The molecule has 1 saturated carbocycles. The Morgan fingerprint density at radius 3 is 2.65 bits per heavy atom. The first-order valence-corrected chi connectivity index (χ1v) is 7.90. The van der Waals surface area contributed by atoms with Gasteiger partial charge in [-0.3, -0.25) is 9.80 Å². The molecule has 1 aromatic rings. The summed E-state index contributed by atoms with van der Waals surface area (Å²) in [6, 6.07) is 2.43. The van der Waals surface area contributed by atoms with Crippen LogP contribution in [-0.4, -0.2) is 65.1 Å². The zero-order valence-corrected chi connectivity index (χ0v) is 12.3. The predicted octanol–water partition coefficient (Wildman–Crippen LogP) is 1.42. The molecule has 3 saturated heterocycles. The van der Waals surface area contributed by atoms with Gasteiger partial charge in [-0.25, -0.2) is 9.97 Å². The van der Waals surface area contributed by atoms with Crippen LogP contribution >= 0.6 is 11.6 Å². The Labute approximate surface area is 124 Å². The van der Waals surface area contributed by atoms with Crippen molar-refractivity contribution in [2.24, 2.45) is 0 Å². The van der Waals surface area contributed by atoms with Gasteiger partial charge >= 0.3 is 0 Å². The lowest BCUT2D eigenvalue weighted by molar-refractivity contribution is 0.0189. The fourth-order valence-electron chi connectivity index (χ4n) is 3.19. The molecule has 4 fully saturated rings. The number of hydrogen-bond acceptors (Lipinski definition) is 5. The maximum atomic E-state index is 6.10. The number of nitrogens with one attached hydrogen (secondary N) is 1. The minimum absolute atomic E-state index is 0.537. The van der Waals surface area contributed by atoms with E-state index in [9.17, 15) is 0 Å². The van der Waals surface area contributed by atoms with E-state index >= 15 is 0 Å². The van der Waals surface area contributed by atoms with Gasteiger partial charge in [0, 0.05) is 57.3 Å². The summed E-state index contributed by atoms with van der Waals surface area (Å²) in [5.74, 6) is 2.33. The van der Waals surface area contributed by atoms with E-state index in [0.717, 1.165) is 18.2 Å². The number of anilines is 1. The van der Waals surface area contributed by atoms with Gasteiger partial charge in [-0.1, -0.05) is 11.6 Å². The van der Waals surface area contributed by atoms with E-state index < -0.39 is 0 Å². The third-order valence-corrected chi connectivity index (χ3v) is 4.76. The van der Waals surface area contributed by atoms with Crippen molar-refractivity contribution in [3.63, 3.8) is 0 Å². The van der Waals surface area contributed by atoms with E-state index in [1.165, 1.54) is 45.6 Å². The van der Waals surface area contributed by atoms with E-state index in [2.05, 4.69) is 25.1 Å². The first kappa shape index (κ1) is 12.8. The van der Waals surface area contributed by atoms with Crippen molar-refractivity contribution >= 4 is 17.4 Å². The Kier molecular flexibility index (Phi) is 3.28. The number of rotatable bonds is 4. The van der Waals surface area contributed by atoms with Crippen molar-refractivity contribution in [3.8, 4) is 0 Å². The molecule has 1 unspecified atom stereocenters. The fourth-order valence-corrected chi connectivity index (χ4v) is 3.38. The second kappa shape index (κ2) is 5.13. The highest BCUT2D eigenvalue weighted by Gasteiger charge is 2.31. The average Bonchev–Trinajstić information content (AvgIpc) is 3.30. The van der Waals surface area contributed by atoms with Gasteiger partial charge in [0.05, 0.1) is 0 Å². The first-order valence-electron chi connectivity index (χ1n) is 7.53. The normalized spacial score (nSPS) is 32.4. The van der Waals surface area contributed by atoms with Gasteiger partial charge in [0.25, 0.3) is 0 Å². The fraction of sp³-hybridized carbons (Fsp3) is 0.714. The summed E-state index contributed by atoms with van der Waals surface area (Å²) >= 11 is 6.10. The number of halogens is 1. The van der Waals surface area contributed by atoms with Crippen molar-refractivity contribution in [3.05, 3.63) is 17.0 Å². The lowest BCUT2D eigenvalue weighted by Gasteiger charge is -2.47. The van der Waals surface area contributed by atoms with Crippen LogP contribution in [0.4, 0.5) is 5.82 Å². The van der Waals surface area contributed by atoms with Crippen LogP contribution in [0.25, 0.3) is 0 Å². The molecule has 1 atom stereocenters. The molecular weight excluding hydrogens is 274 g/mol. The number of hydrogen-bond donors (Lipinski definition) is 1. The molecule has 108 valence electrons. The minimum Gasteiger partial charge on any atom is -0.368 e. The summed E-state index contributed by atoms with van der Waals surface area (Å²) in [5, 5.41) is 4.01. The largest absolute Gasteiger partial charge is 0.368 e. The Bertz CT molecular complexity index is 496. The highest BCUT2D eigenvalue weighted by atomic mass is 35.5. The molecule has 0 radical (unpaired) electrons. The van der Waals surface area contributed by atoms with Crippen LogP contribution in [-0.2, 0) is 0 Å². The van der Waals surface area contributed by atoms with Crippen molar-refractivity contribution in [1.29, 1.82) is 0 Å². The average molecular weight is 294 g/mol. The zero-order chi connectivity index (χ0) is 13.5. The Morgan fingerprint density at radius 2 is 2.00 bits per heavy atom. The summed E-state index contributed by atoms with van der Waals surface area (Å²) in [5.41, 5.74) is 0. The van der Waals surface area contributed by atoms with Gasteiger partial charge in [-0.15, -0.1) is 0 Å². The smallest absolute Gasteiger partial charge is 0.135 e. The monoisotopic (exact) mass is 293 g/mol. The van der Waals surface area contributed by atoms with Crippen LogP contribution < -0.4 is 5.32 Å². The standard InChI is InChI=1S/C14H20ClN5/c15-12-7-13(18-14(17-12)10-1-2-10)16-8-11-9-19-3-5-20(11)6-4-19/h7,10-11H,1-6,8-9H2,(H,16,17,18). The third kappa shape index (κ3) is 2.62. The van der Waals surface area contributed by atoms with Crippen molar-refractivity contribution in [2.45, 2.75) is 24.8 Å². The Balaban J connectivity index is 1.41. The third-order valence-electron chi connectivity index (χ3n) is 4.57. The molecule has 6 heteroatoms. The molecular formula is C14H20ClN5. The molecule has 0 aromatic carbocycles. The predicted molar refractivity (Wildman–Crippen MR) is 79.3 cm³/mol. The Morgan fingerprint density at radius 1 is 1.20 bits per heavy atom. The van der Waals surface area contributed by atoms with E-state index in [1.54, 1.807) is 0 Å². The van der Waals surface area contributed by atoms with E-state index in [-0.39, 0.29) is 0 Å². The summed E-state index contributed by atoms with van der Waals surface area (Å²) in [7, 11) is 0. The molecule has 1 aliphatic carbocycles. The first-order chi connectivity index (χ1) is 9.78. The molecule has 4 aliphatic rings. The summed E-state index contributed by atoms with van der Waals surface area (Å²) in [4.78, 5) is 14.1. The SMILES string of the molecule is Clc1cc(NCC2CN3CCN2CC3)nc(C2CC2)n1. The zero-order valence-electron chi connectivity index (χ0n) is 11.6. The van der Waals surface area contributed by atoms with Gasteiger partial charge in [-0.2, -0.15) is 0 Å². The van der Waals surface area contributed by atoms with Gasteiger partial charge < -0.3 is 5.32 Å². The molecule has 1 N–H and O–H groups in total. The molecule has 1 aromatic heterocycles. The maximum absolute atomic E-state index is 6.10. The molecule has 5 nitrogen and oxygen atoms in total. The van der Waals surface area contributed by atoms with Crippen molar-refractivity contribution < 1.29 is 0 Å². The number of nitrogens with zero attached hydrogens (tertiary/aromatic N) is 4. The number of fused-ring (bicyclic) bond motifs is 3. The van der Waals surface area contributed by atoms with Crippen molar-refractivity contribution in [2.75, 3.05) is 44.6 Å². The molecule has 2 bridgehead atoms. The molecule has 5 rings (SSSR count). The molecule has 3 aliphatic heterocycles. The quantitative estimate of drug-likeness (QED) is 0.851. The van der Waals surface area contributed by atoms with E-state index in [1.807, 2.05) is 6.07 Å². The van der Waals surface area contributed by atoms with Crippen LogP contribution in [0.2, 0.25) is 5.15 Å².